The molecule has 1 aromatic rings. The fourth-order valence-electron chi connectivity index (χ4n) is 6.56. The molecule has 5 nitrogen and oxygen atoms in total. The fourth-order valence-corrected chi connectivity index (χ4v) is 6.56. The van der Waals surface area contributed by atoms with E-state index in [9.17, 15) is 14.0 Å². The Morgan fingerprint density at radius 3 is 1.89 bits per heavy atom. The van der Waals surface area contributed by atoms with Crippen LogP contribution < -0.4 is 5.32 Å². The lowest BCUT2D eigenvalue weighted by molar-refractivity contribution is -0.159. The fraction of sp³-hybridized carbons (Fsp3) is 0.636. The second-order valence-electron chi connectivity index (χ2n) is 9.41. The normalized spacial score (nSPS) is 33.8. The van der Waals surface area contributed by atoms with E-state index in [1.165, 1.54) is 31.4 Å². The predicted molar refractivity (Wildman–Crippen MR) is 104 cm³/mol. The highest BCUT2D eigenvalue weighted by Gasteiger charge is 2.55. The van der Waals surface area contributed by atoms with Crippen molar-refractivity contribution in [2.45, 2.75) is 38.5 Å². The molecule has 28 heavy (non-hydrogen) atoms. The molecular weight excluding hydrogens is 357 g/mol. The van der Waals surface area contributed by atoms with E-state index >= 15 is 0 Å². The molecule has 0 aromatic heterocycles. The monoisotopic (exact) mass is 385 g/mol. The molecule has 5 fully saturated rings. The summed E-state index contributed by atoms with van der Waals surface area (Å²) in [5, 5.41) is 2.81. The van der Waals surface area contributed by atoms with Gasteiger partial charge >= 0.3 is 6.03 Å². The summed E-state index contributed by atoms with van der Waals surface area (Å²) in [6.07, 6.45) is 7.27. The van der Waals surface area contributed by atoms with Gasteiger partial charge in [-0.15, -0.1) is 0 Å². The number of hydrogen-bond acceptors (Lipinski definition) is 2. The molecule has 1 heterocycles. The van der Waals surface area contributed by atoms with Gasteiger partial charge in [-0.25, -0.2) is 9.18 Å². The number of piperazine rings is 1. The van der Waals surface area contributed by atoms with Gasteiger partial charge in [-0.2, -0.15) is 0 Å². The van der Waals surface area contributed by atoms with E-state index in [1.807, 2.05) is 4.90 Å². The third kappa shape index (κ3) is 3.16. The standard InChI is InChI=1S/C22H28FN3O2/c23-18-1-3-19(4-2-18)24-21(28)26-7-5-25(6-8-26)20(27)22-12-15-9-16(13-22)11-17(10-15)14-22/h1-4,15-17H,5-14H2,(H,24,28). The Labute approximate surface area is 165 Å². The number of halogens is 1. The molecule has 5 aliphatic rings. The second-order valence-corrected chi connectivity index (χ2v) is 9.41. The van der Waals surface area contributed by atoms with Crippen molar-refractivity contribution in [2.24, 2.45) is 23.2 Å². The zero-order valence-corrected chi connectivity index (χ0v) is 16.2. The Bertz CT molecular complexity index is 735. The van der Waals surface area contributed by atoms with Gasteiger partial charge in [0.05, 0.1) is 5.41 Å². The van der Waals surface area contributed by atoms with Crippen molar-refractivity contribution in [2.75, 3.05) is 31.5 Å². The first kappa shape index (κ1) is 18.0. The molecule has 0 spiro atoms. The summed E-state index contributed by atoms with van der Waals surface area (Å²) < 4.78 is 13.0. The lowest BCUT2D eigenvalue weighted by Gasteiger charge is -2.57. The summed E-state index contributed by atoms with van der Waals surface area (Å²) in [7, 11) is 0. The van der Waals surface area contributed by atoms with E-state index in [0.29, 0.717) is 37.8 Å². The second kappa shape index (κ2) is 6.75. The first-order valence-corrected chi connectivity index (χ1v) is 10.6. The molecule has 1 N–H and O–H groups in total. The maximum atomic E-state index is 13.4. The lowest BCUT2D eigenvalue weighted by atomic mass is 9.49. The maximum Gasteiger partial charge on any atom is 0.321 e. The van der Waals surface area contributed by atoms with Crippen LogP contribution in [0.25, 0.3) is 0 Å². The van der Waals surface area contributed by atoms with Crippen LogP contribution in [0.5, 0.6) is 0 Å². The molecule has 1 aromatic carbocycles. The average molecular weight is 385 g/mol. The van der Waals surface area contributed by atoms with Gasteiger partial charge in [0.25, 0.3) is 0 Å². The number of nitrogens with one attached hydrogen (secondary N) is 1. The highest BCUT2D eigenvalue weighted by Crippen LogP contribution is 2.60. The van der Waals surface area contributed by atoms with Crippen molar-refractivity contribution < 1.29 is 14.0 Å². The van der Waals surface area contributed by atoms with E-state index in [0.717, 1.165) is 37.0 Å². The van der Waals surface area contributed by atoms with Crippen LogP contribution in [0.15, 0.2) is 24.3 Å². The molecule has 0 unspecified atom stereocenters. The molecular formula is C22H28FN3O2. The van der Waals surface area contributed by atoms with Crippen LogP contribution in [0.1, 0.15) is 38.5 Å². The molecule has 0 radical (unpaired) electrons. The Morgan fingerprint density at radius 2 is 1.36 bits per heavy atom. The number of carbonyl (C=O) groups excluding carboxylic acids is 2. The zero-order valence-electron chi connectivity index (χ0n) is 16.2. The smallest absolute Gasteiger partial charge is 0.321 e. The Hall–Kier alpha value is -2.11. The number of anilines is 1. The summed E-state index contributed by atoms with van der Waals surface area (Å²) in [5.41, 5.74) is 0.478. The largest absolute Gasteiger partial charge is 0.339 e. The predicted octanol–water partition coefficient (Wildman–Crippen LogP) is 3.72. The third-order valence-corrected chi connectivity index (χ3v) is 7.44. The number of benzene rings is 1. The number of amides is 3. The van der Waals surface area contributed by atoms with Crippen molar-refractivity contribution in [3.63, 3.8) is 0 Å². The summed E-state index contributed by atoms with van der Waals surface area (Å²) in [4.78, 5) is 29.6. The van der Waals surface area contributed by atoms with Crippen LogP contribution in [-0.2, 0) is 4.79 Å². The molecule has 1 saturated heterocycles. The number of carbonyl (C=O) groups is 2. The van der Waals surface area contributed by atoms with Crippen molar-refractivity contribution in [1.29, 1.82) is 0 Å². The molecule has 6 rings (SSSR count). The molecule has 4 saturated carbocycles. The van der Waals surface area contributed by atoms with E-state index < -0.39 is 0 Å². The van der Waals surface area contributed by atoms with E-state index in [2.05, 4.69) is 5.32 Å². The zero-order chi connectivity index (χ0) is 19.3. The van der Waals surface area contributed by atoms with E-state index in [1.54, 1.807) is 17.0 Å². The van der Waals surface area contributed by atoms with Gasteiger partial charge in [-0.05, 0) is 80.5 Å². The first-order chi connectivity index (χ1) is 13.5. The number of nitrogens with zero attached hydrogens (tertiary/aromatic N) is 2. The minimum absolute atomic E-state index is 0.104. The van der Waals surface area contributed by atoms with Gasteiger partial charge in [0, 0.05) is 31.9 Å². The number of urea groups is 1. The van der Waals surface area contributed by atoms with Gasteiger partial charge in [0.15, 0.2) is 0 Å². The first-order valence-electron chi connectivity index (χ1n) is 10.6. The van der Waals surface area contributed by atoms with Gasteiger partial charge in [-0.3, -0.25) is 4.79 Å². The quantitative estimate of drug-likeness (QED) is 0.844. The molecule has 6 heteroatoms. The average Bonchev–Trinajstić information content (AvgIpc) is 2.68. The van der Waals surface area contributed by atoms with Crippen LogP contribution in [0.2, 0.25) is 0 Å². The highest BCUT2D eigenvalue weighted by molar-refractivity contribution is 5.89. The molecule has 1 aliphatic heterocycles. The minimum Gasteiger partial charge on any atom is -0.339 e. The van der Waals surface area contributed by atoms with Crippen LogP contribution in [0.3, 0.4) is 0 Å². The summed E-state index contributed by atoms with van der Waals surface area (Å²) in [6.45, 7) is 2.31. The molecule has 3 amide bonds. The van der Waals surface area contributed by atoms with Gasteiger partial charge in [0.1, 0.15) is 5.82 Å². The SMILES string of the molecule is O=C(Nc1ccc(F)cc1)N1CCN(C(=O)C23CC4CC(CC(C4)C2)C3)CC1. The summed E-state index contributed by atoms with van der Waals surface area (Å²) >= 11 is 0. The lowest BCUT2D eigenvalue weighted by Crippen LogP contribution is -2.59. The van der Waals surface area contributed by atoms with Crippen LogP contribution in [0, 0.1) is 29.0 Å². The van der Waals surface area contributed by atoms with Crippen molar-refractivity contribution >= 4 is 17.6 Å². The summed E-state index contributed by atoms with van der Waals surface area (Å²) in [5.74, 6) is 2.31. The number of rotatable bonds is 2. The Kier molecular flexibility index (Phi) is 4.33. The Balaban J connectivity index is 1.18. The number of hydrogen-bond donors (Lipinski definition) is 1. The van der Waals surface area contributed by atoms with Crippen molar-refractivity contribution in [3.05, 3.63) is 30.1 Å². The third-order valence-electron chi connectivity index (χ3n) is 7.44. The van der Waals surface area contributed by atoms with Crippen LogP contribution in [0.4, 0.5) is 14.9 Å². The van der Waals surface area contributed by atoms with E-state index in [4.69, 9.17) is 0 Å². The van der Waals surface area contributed by atoms with Crippen LogP contribution >= 0.6 is 0 Å². The van der Waals surface area contributed by atoms with E-state index in [-0.39, 0.29) is 17.3 Å². The maximum absolute atomic E-state index is 13.4. The van der Waals surface area contributed by atoms with Crippen LogP contribution in [-0.4, -0.2) is 47.9 Å². The molecule has 0 atom stereocenters. The van der Waals surface area contributed by atoms with Crippen molar-refractivity contribution in [1.82, 2.24) is 9.80 Å². The van der Waals surface area contributed by atoms with Crippen molar-refractivity contribution in [3.8, 4) is 0 Å². The minimum atomic E-state index is -0.324. The summed E-state index contributed by atoms with van der Waals surface area (Å²) in [6, 6.07) is 5.59. The van der Waals surface area contributed by atoms with Gasteiger partial charge < -0.3 is 15.1 Å². The topological polar surface area (TPSA) is 52.7 Å². The molecule has 150 valence electrons. The Morgan fingerprint density at radius 1 is 0.857 bits per heavy atom. The van der Waals surface area contributed by atoms with Gasteiger partial charge in [-0.1, -0.05) is 0 Å². The molecule has 4 bridgehead atoms. The van der Waals surface area contributed by atoms with Gasteiger partial charge in [0.2, 0.25) is 5.91 Å². The highest BCUT2D eigenvalue weighted by atomic mass is 19.1. The molecule has 4 aliphatic carbocycles.